The molecule has 1 atom stereocenters. The van der Waals surface area contributed by atoms with Gasteiger partial charge >= 0.3 is 0 Å². The maximum absolute atomic E-state index is 14.7. The normalized spacial score (nSPS) is 19.2. The van der Waals surface area contributed by atoms with Crippen molar-refractivity contribution < 1.29 is 13.2 Å². The molecule has 3 nitrogen and oxygen atoms in total. The Morgan fingerprint density at radius 2 is 2.04 bits per heavy atom. The molecule has 6 heteroatoms. The van der Waals surface area contributed by atoms with Crippen LogP contribution < -0.4 is 0 Å². The van der Waals surface area contributed by atoms with Gasteiger partial charge in [0, 0.05) is 30.5 Å². The lowest BCUT2D eigenvalue weighted by atomic mass is 10.0. The number of pyridine rings is 1. The standard InChI is InChI=1S/C17H14F3N3/c1-10-3-2-4-11(7-10)13-5-6-23-14(8-12-9-17(12,19)20)21-22-16(23)15(13)18/h2-7,12H,8-9H2,1H3. The van der Waals surface area contributed by atoms with Crippen molar-refractivity contribution in [3.63, 3.8) is 0 Å². The molecule has 1 saturated carbocycles. The summed E-state index contributed by atoms with van der Waals surface area (Å²) in [5.74, 6) is -3.45. The van der Waals surface area contributed by atoms with Crippen molar-refractivity contribution in [2.75, 3.05) is 0 Å². The van der Waals surface area contributed by atoms with Crippen molar-refractivity contribution in [1.29, 1.82) is 0 Å². The predicted molar refractivity (Wildman–Crippen MR) is 79.9 cm³/mol. The fourth-order valence-electron chi connectivity index (χ4n) is 2.86. The summed E-state index contributed by atoms with van der Waals surface area (Å²) < 4.78 is 42.3. The number of nitrogens with zero attached hydrogens (tertiary/aromatic N) is 3. The number of hydrogen-bond acceptors (Lipinski definition) is 2. The molecule has 0 radical (unpaired) electrons. The molecule has 1 unspecified atom stereocenters. The van der Waals surface area contributed by atoms with Gasteiger partial charge < -0.3 is 0 Å². The molecule has 0 aliphatic heterocycles. The molecule has 1 aromatic carbocycles. The van der Waals surface area contributed by atoms with Crippen LogP contribution in [0.5, 0.6) is 0 Å². The second kappa shape index (κ2) is 4.81. The number of alkyl halides is 2. The quantitative estimate of drug-likeness (QED) is 0.730. The number of benzene rings is 1. The monoisotopic (exact) mass is 317 g/mol. The third kappa shape index (κ3) is 2.38. The minimum Gasteiger partial charge on any atom is -0.284 e. The van der Waals surface area contributed by atoms with Crippen LogP contribution >= 0.6 is 0 Å². The Bertz CT molecular complexity index is 901. The van der Waals surface area contributed by atoms with Crippen molar-refractivity contribution in [3.05, 3.63) is 53.7 Å². The summed E-state index contributed by atoms with van der Waals surface area (Å²) in [6, 6.07) is 9.14. The molecule has 0 spiro atoms. The first-order valence-electron chi connectivity index (χ1n) is 7.43. The van der Waals surface area contributed by atoms with Crippen molar-refractivity contribution >= 4 is 5.65 Å². The second-order valence-electron chi connectivity index (χ2n) is 6.09. The van der Waals surface area contributed by atoms with E-state index in [1.165, 1.54) is 4.40 Å². The van der Waals surface area contributed by atoms with Crippen LogP contribution in [0.25, 0.3) is 16.8 Å². The smallest absolute Gasteiger partial charge is 0.252 e. The van der Waals surface area contributed by atoms with Gasteiger partial charge in [-0.15, -0.1) is 10.2 Å². The topological polar surface area (TPSA) is 30.2 Å². The fraction of sp³-hybridized carbons (Fsp3) is 0.294. The van der Waals surface area contributed by atoms with Crippen LogP contribution in [0.3, 0.4) is 0 Å². The Morgan fingerprint density at radius 3 is 2.74 bits per heavy atom. The lowest BCUT2D eigenvalue weighted by Gasteiger charge is -2.06. The van der Waals surface area contributed by atoms with E-state index >= 15 is 0 Å². The van der Waals surface area contributed by atoms with Gasteiger partial charge in [0.25, 0.3) is 5.92 Å². The van der Waals surface area contributed by atoms with Gasteiger partial charge in [0.2, 0.25) is 0 Å². The van der Waals surface area contributed by atoms with Crippen LogP contribution in [0, 0.1) is 18.7 Å². The second-order valence-corrected chi connectivity index (χ2v) is 6.09. The SMILES string of the molecule is Cc1cccc(-c2ccn3c(CC4CC4(F)F)nnc3c2F)c1. The van der Waals surface area contributed by atoms with Crippen molar-refractivity contribution in [2.45, 2.75) is 25.7 Å². The van der Waals surface area contributed by atoms with E-state index < -0.39 is 17.7 Å². The van der Waals surface area contributed by atoms with Crippen LogP contribution in [0.2, 0.25) is 0 Å². The largest absolute Gasteiger partial charge is 0.284 e. The Morgan fingerprint density at radius 1 is 1.26 bits per heavy atom. The molecule has 0 amide bonds. The third-order valence-corrected chi connectivity index (χ3v) is 4.30. The number of hydrogen-bond donors (Lipinski definition) is 0. The van der Waals surface area contributed by atoms with Crippen LogP contribution in [-0.4, -0.2) is 20.5 Å². The molecule has 0 saturated heterocycles. The zero-order valence-corrected chi connectivity index (χ0v) is 12.4. The zero-order chi connectivity index (χ0) is 16.2. The molecule has 1 aliphatic carbocycles. The highest BCUT2D eigenvalue weighted by molar-refractivity contribution is 5.69. The van der Waals surface area contributed by atoms with Gasteiger partial charge in [0.1, 0.15) is 5.82 Å². The molecule has 3 aromatic rings. The number of aryl methyl sites for hydroxylation is 1. The van der Waals surface area contributed by atoms with Crippen LogP contribution in [0.15, 0.2) is 36.5 Å². The third-order valence-electron chi connectivity index (χ3n) is 4.30. The van der Waals surface area contributed by atoms with Gasteiger partial charge in [0.15, 0.2) is 11.5 Å². The summed E-state index contributed by atoms with van der Waals surface area (Å²) >= 11 is 0. The molecule has 2 heterocycles. The van der Waals surface area contributed by atoms with E-state index in [-0.39, 0.29) is 18.5 Å². The highest BCUT2D eigenvalue weighted by Crippen LogP contribution is 2.50. The zero-order valence-electron chi connectivity index (χ0n) is 12.4. The van der Waals surface area contributed by atoms with E-state index in [4.69, 9.17) is 0 Å². The van der Waals surface area contributed by atoms with Gasteiger partial charge in [-0.3, -0.25) is 4.40 Å². The summed E-state index contributed by atoms with van der Waals surface area (Å²) in [7, 11) is 0. The number of rotatable bonds is 3. The maximum Gasteiger partial charge on any atom is 0.252 e. The highest BCUT2D eigenvalue weighted by atomic mass is 19.3. The lowest BCUT2D eigenvalue weighted by Crippen LogP contribution is -2.02. The Balaban J connectivity index is 1.75. The first kappa shape index (κ1) is 14.2. The summed E-state index contributed by atoms with van der Waals surface area (Å²) in [6.45, 7) is 1.94. The summed E-state index contributed by atoms with van der Waals surface area (Å²) in [4.78, 5) is 0. The highest BCUT2D eigenvalue weighted by Gasteiger charge is 2.56. The Hall–Kier alpha value is -2.37. The average molecular weight is 317 g/mol. The minimum atomic E-state index is -2.62. The summed E-state index contributed by atoms with van der Waals surface area (Å²) in [5, 5.41) is 7.74. The molecule has 2 aromatic heterocycles. The van der Waals surface area contributed by atoms with Gasteiger partial charge in [-0.05, 0) is 18.6 Å². The van der Waals surface area contributed by atoms with Gasteiger partial charge in [0.05, 0.1) is 0 Å². The number of halogens is 3. The molecule has 23 heavy (non-hydrogen) atoms. The van der Waals surface area contributed by atoms with E-state index in [1.54, 1.807) is 12.3 Å². The molecule has 0 N–H and O–H groups in total. The Labute approximate surface area is 130 Å². The average Bonchev–Trinajstić information content (AvgIpc) is 2.92. The molecule has 118 valence electrons. The van der Waals surface area contributed by atoms with E-state index in [9.17, 15) is 13.2 Å². The minimum absolute atomic E-state index is 0.0722. The number of aromatic nitrogens is 3. The molecule has 1 fully saturated rings. The van der Waals surface area contributed by atoms with Crippen molar-refractivity contribution in [1.82, 2.24) is 14.6 Å². The molecular formula is C17H14F3N3. The predicted octanol–water partition coefficient (Wildman–Crippen LogP) is 4.04. The van der Waals surface area contributed by atoms with E-state index in [2.05, 4.69) is 10.2 Å². The number of fused-ring (bicyclic) bond motifs is 1. The van der Waals surface area contributed by atoms with E-state index in [0.29, 0.717) is 11.4 Å². The molecular weight excluding hydrogens is 303 g/mol. The van der Waals surface area contributed by atoms with Crippen LogP contribution in [0.1, 0.15) is 17.8 Å². The maximum atomic E-state index is 14.7. The Kier molecular flexibility index (Phi) is 2.98. The van der Waals surface area contributed by atoms with Crippen LogP contribution in [0.4, 0.5) is 13.2 Å². The van der Waals surface area contributed by atoms with Gasteiger partial charge in [-0.2, -0.15) is 0 Å². The van der Waals surface area contributed by atoms with Crippen molar-refractivity contribution in [2.24, 2.45) is 5.92 Å². The summed E-state index contributed by atoms with van der Waals surface area (Å²) in [5.41, 5.74) is 2.28. The first-order valence-corrected chi connectivity index (χ1v) is 7.43. The first-order chi connectivity index (χ1) is 11.0. The fourth-order valence-corrected chi connectivity index (χ4v) is 2.86. The van der Waals surface area contributed by atoms with E-state index in [1.807, 2.05) is 31.2 Å². The molecule has 1 aliphatic rings. The summed E-state index contributed by atoms with van der Waals surface area (Å²) in [6.07, 6.45) is 1.62. The molecule has 4 rings (SSSR count). The van der Waals surface area contributed by atoms with Gasteiger partial charge in [-0.1, -0.05) is 29.8 Å². The van der Waals surface area contributed by atoms with Gasteiger partial charge in [-0.25, -0.2) is 13.2 Å². The van der Waals surface area contributed by atoms with Crippen LogP contribution in [-0.2, 0) is 6.42 Å². The van der Waals surface area contributed by atoms with Crippen molar-refractivity contribution in [3.8, 4) is 11.1 Å². The molecule has 0 bridgehead atoms. The van der Waals surface area contributed by atoms with E-state index in [0.717, 1.165) is 11.1 Å². The lowest BCUT2D eigenvalue weighted by molar-refractivity contribution is 0.0984.